The van der Waals surface area contributed by atoms with Crippen LogP contribution in [0.2, 0.25) is 0 Å². The SMILES string of the molecule is Cc1ccccc1N1C[C@@H](C(=O)N2CCCC[C@@H]2C)CC1=O. The Morgan fingerprint density at radius 2 is 2.00 bits per heavy atom. The number of carbonyl (C=O) groups is 2. The molecule has 2 amide bonds. The zero-order valence-electron chi connectivity index (χ0n) is 13.4. The average molecular weight is 300 g/mol. The van der Waals surface area contributed by atoms with Crippen molar-refractivity contribution in [2.45, 2.75) is 45.6 Å². The van der Waals surface area contributed by atoms with Gasteiger partial charge in [-0.25, -0.2) is 0 Å². The summed E-state index contributed by atoms with van der Waals surface area (Å²) in [6.07, 6.45) is 3.70. The predicted octanol–water partition coefficient (Wildman–Crippen LogP) is 2.75. The third-order valence-corrected chi connectivity index (χ3v) is 4.97. The molecule has 0 aromatic heterocycles. The molecule has 3 rings (SSSR count). The molecule has 0 aliphatic carbocycles. The molecule has 2 aliphatic heterocycles. The van der Waals surface area contributed by atoms with Gasteiger partial charge in [-0.3, -0.25) is 9.59 Å². The fourth-order valence-corrected chi connectivity index (χ4v) is 3.63. The van der Waals surface area contributed by atoms with Gasteiger partial charge in [-0.05, 0) is 44.7 Å². The summed E-state index contributed by atoms with van der Waals surface area (Å²) in [7, 11) is 0. The maximum absolute atomic E-state index is 12.8. The van der Waals surface area contributed by atoms with Gasteiger partial charge in [0.15, 0.2) is 0 Å². The molecular weight excluding hydrogens is 276 g/mol. The Labute approximate surface area is 132 Å². The van der Waals surface area contributed by atoms with Crippen LogP contribution in [0, 0.1) is 12.8 Å². The van der Waals surface area contributed by atoms with Gasteiger partial charge in [-0.1, -0.05) is 18.2 Å². The first-order valence-electron chi connectivity index (χ1n) is 8.24. The summed E-state index contributed by atoms with van der Waals surface area (Å²) in [5, 5.41) is 0. The summed E-state index contributed by atoms with van der Waals surface area (Å²) in [6, 6.07) is 8.19. The van der Waals surface area contributed by atoms with Crippen molar-refractivity contribution in [2.24, 2.45) is 5.92 Å². The Kier molecular flexibility index (Phi) is 4.19. The maximum atomic E-state index is 12.8. The van der Waals surface area contributed by atoms with Crippen LogP contribution in [0.5, 0.6) is 0 Å². The van der Waals surface area contributed by atoms with Gasteiger partial charge in [-0.2, -0.15) is 0 Å². The van der Waals surface area contributed by atoms with E-state index in [9.17, 15) is 9.59 Å². The number of piperidine rings is 1. The topological polar surface area (TPSA) is 40.6 Å². The summed E-state index contributed by atoms with van der Waals surface area (Å²) < 4.78 is 0. The van der Waals surface area contributed by atoms with Crippen LogP contribution in [0.25, 0.3) is 0 Å². The first kappa shape index (κ1) is 15.1. The highest BCUT2D eigenvalue weighted by atomic mass is 16.2. The normalized spacial score (nSPS) is 25.6. The minimum absolute atomic E-state index is 0.0670. The van der Waals surface area contributed by atoms with Gasteiger partial charge in [-0.15, -0.1) is 0 Å². The largest absolute Gasteiger partial charge is 0.340 e. The molecule has 0 N–H and O–H groups in total. The van der Waals surface area contributed by atoms with E-state index < -0.39 is 0 Å². The fraction of sp³-hybridized carbons (Fsp3) is 0.556. The molecule has 4 nitrogen and oxygen atoms in total. The minimum Gasteiger partial charge on any atom is -0.340 e. The highest BCUT2D eigenvalue weighted by Crippen LogP contribution is 2.30. The molecule has 4 heteroatoms. The Morgan fingerprint density at radius 1 is 1.23 bits per heavy atom. The number of benzene rings is 1. The zero-order chi connectivity index (χ0) is 15.7. The van der Waals surface area contributed by atoms with E-state index >= 15 is 0 Å². The summed E-state index contributed by atoms with van der Waals surface area (Å²) >= 11 is 0. The lowest BCUT2D eigenvalue weighted by atomic mass is 9.99. The first-order valence-corrected chi connectivity index (χ1v) is 8.24. The number of rotatable bonds is 2. The van der Waals surface area contributed by atoms with Gasteiger partial charge in [0.05, 0.1) is 5.92 Å². The number of nitrogens with zero attached hydrogens (tertiary/aromatic N) is 2. The van der Waals surface area contributed by atoms with Crippen LogP contribution in [-0.4, -0.2) is 35.8 Å². The quantitative estimate of drug-likeness (QED) is 0.842. The standard InChI is InChI=1S/C18H24N2O2/c1-13-7-3-4-9-16(13)20-12-15(11-17(20)21)18(22)19-10-6-5-8-14(19)2/h3-4,7,9,14-15H,5-6,8,10-12H2,1-2H3/t14-,15-/m0/s1. The van der Waals surface area contributed by atoms with Crippen LogP contribution in [0.15, 0.2) is 24.3 Å². The van der Waals surface area contributed by atoms with Crippen molar-refractivity contribution in [2.75, 3.05) is 18.0 Å². The van der Waals surface area contributed by atoms with Crippen LogP contribution in [0.4, 0.5) is 5.69 Å². The molecule has 2 atom stereocenters. The molecule has 2 fully saturated rings. The lowest BCUT2D eigenvalue weighted by Gasteiger charge is -2.35. The average Bonchev–Trinajstić information content (AvgIpc) is 2.89. The fourth-order valence-electron chi connectivity index (χ4n) is 3.63. The summed E-state index contributed by atoms with van der Waals surface area (Å²) in [5.74, 6) is 0.0432. The Morgan fingerprint density at radius 3 is 2.73 bits per heavy atom. The first-order chi connectivity index (χ1) is 10.6. The van der Waals surface area contributed by atoms with Crippen LogP contribution in [-0.2, 0) is 9.59 Å². The number of amides is 2. The summed E-state index contributed by atoms with van der Waals surface area (Å²) in [4.78, 5) is 28.9. The Balaban J connectivity index is 1.74. The van der Waals surface area contributed by atoms with E-state index in [1.165, 1.54) is 6.42 Å². The molecule has 118 valence electrons. The van der Waals surface area contributed by atoms with E-state index in [0.717, 1.165) is 30.6 Å². The van der Waals surface area contributed by atoms with E-state index in [1.807, 2.05) is 36.1 Å². The lowest BCUT2D eigenvalue weighted by Crippen LogP contribution is -2.45. The van der Waals surface area contributed by atoms with Crippen molar-refractivity contribution >= 4 is 17.5 Å². The van der Waals surface area contributed by atoms with E-state index in [1.54, 1.807) is 4.90 Å². The van der Waals surface area contributed by atoms with Gasteiger partial charge in [0.25, 0.3) is 0 Å². The Hall–Kier alpha value is -1.84. The molecular formula is C18H24N2O2. The lowest BCUT2D eigenvalue weighted by molar-refractivity contribution is -0.139. The molecule has 0 radical (unpaired) electrons. The third-order valence-electron chi connectivity index (χ3n) is 4.97. The number of anilines is 1. The molecule has 2 aliphatic rings. The van der Waals surface area contributed by atoms with Crippen molar-refractivity contribution < 1.29 is 9.59 Å². The van der Waals surface area contributed by atoms with Gasteiger partial charge in [0.2, 0.25) is 11.8 Å². The number of likely N-dealkylation sites (tertiary alicyclic amines) is 1. The van der Waals surface area contributed by atoms with Crippen molar-refractivity contribution in [1.29, 1.82) is 0 Å². The minimum atomic E-state index is -0.187. The molecule has 0 saturated carbocycles. The highest BCUT2D eigenvalue weighted by molar-refractivity contribution is 6.00. The van der Waals surface area contributed by atoms with Gasteiger partial charge in [0, 0.05) is 31.2 Å². The second-order valence-corrected chi connectivity index (χ2v) is 6.57. The van der Waals surface area contributed by atoms with E-state index in [4.69, 9.17) is 0 Å². The van der Waals surface area contributed by atoms with Gasteiger partial charge < -0.3 is 9.80 Å². The molecule has 2 heterocycles. The Bertz CT molecular complexity index is 584. The molecule has 1 aromatic carbocycles. The third kappa shape index (κ3) is 2.74. The van der Waals surface area contributed by atoms with E-state index in [2.05, 4.69) is 6.92 Å². The molecule has 22 heavy (non-hydrogen) atoms. The van der Waals surface area contributed by atoms with E-state index in [-0.39, 0.29) is 17.7 Å². The monoisotopic (exact) mass is 300 g/mol. The number of hydrogen-bond acceptors (Lipinski definition) is 2. The van der Waals surface area contributed by atoms with Crippen LogP contribution < -0.4 is 4.90 Å². The van der Waals surface area contributed by atoms with Crippen molar-refractivity contribution in [3.8, 4) is 0 Å². The number of hydrogen-bond donors (Lipinski definition) is 0. The van der Waals surface area contributed by atoms with Crippen LogP contribution in [0.3, 0.4) is 0 Å². The summed E-state index contributed by atoms with van der Waals surface area (Å²) in [5.41, 5.74) is 2.02. The molecule has 0 spiro atoms. The smallest absolute Gasteiger partial charge is 0.228 e. The number of carbonyl (C=O) groups excluding carboxylic acids is 2. The van der Waals surface area contributed by atoms with Crippen LogP contribution >= 0.6 is 0 Å². The second-order valence-electron chi connectivity index (χ2n) is 6.57. The zero-order valence-corrected chi connectivity index (χ0v) is 13.4. The molecule has 0 unspecified atom stereocenters. The van der Waals surface area contributed by atoms with Crippen molar-refractivity contribution in [3.05, 3.63) is 29.8 Å². The molecule has 0 bridgehead atoms. The predicted molar refractivity (Wildman–Crippen MR) is 86.7 cm³/mol. The van der Waals surface area contributed by atoms with Crippen molar-refractivity contribution in [1.82, 2.24) is 4.90 Å². The van der Waals surface area contributed by atoms with Gasteiger partial charge >= 0.3 is 0 Å². The van der Waals surface area contributed by atoms with E-state index in [0.29, 0.717) is 19.0 Å². The van der Waals surface area contributed by atoms with Crippen molar-refractivity contribution in [3.63, 3.8) is 0 Å². The maximum Gasteiger partial charge on any atom is 0.228 e. The van der Waals surface area contributed by atoms with Crippen LogP contribution in [0.1, 0.15) is 38.2 Å². The second kappa shape index (κ2) is 6.11. The molecule has 2 saturated heterocycles. The highest BCUT2D eigenvalue weighted by Gasteiger charge is 2.38. The summed E-state index contributed by atoms with van der Waals surface area (Å²) in [6.45, 7) is 5.48. The van der Waals surface area contributed by atoms with Gasteiger partial charge in [0.1, 0.15) is 0 Å². The number of aryl methyl sites for hydroxylation is 1. The molecule has 1 aromatic rings. The number of para-hydroxylation sites is 1.